The topological polar surface area (TPSA) is 92.8 Å². The number of nitrogens with zero attached hydrogens (tertiary/aromatic N) is 2. The number of benzene rings is 1. The molecule has 190 valence electrons. The molecule has 1 aliphatic carbocycles. The maximum atomic E-state index is 13.5. The standard InChI is InChI=1S/C25H33ClN4O4S/c1-15-13-27-14-21(34-15)24(31)30(19-9-10-19)16(2)23-29-20(8-5-11-28-25(32)33-3)22(35-23)17-6-4-7-18(26)12-17/h4,6-7,12,15-16,19,21,27H,5,8-11,13-14H2,1-3H3,(H,28,32)/t15-,16-,21-/m1/s1. The Morgan fingerprint density at radius 2 is 2.17 bits per heavy atom. The summed E-state index contributed by atoms with van der Waals surface area (Å²) in [5.41, 5.74) is 1.94. The first kappa shape index (κ1) is 25.9. The number of aryl methyl sites for hydroxylation is 1. The molecule has 1 aromatic heterocycles. The lowest BCUT2D eigenvalue weighted by molar-refractivity contribution is -0.152. The first-order chi connectivity index (χ1) is 16.9. The SMILES string of the molecule is COC(=O)NCCCc1nc([C@@H](C)N(C(=O)[C@H]2CNC[C@@H](C)O2)C2CC2)sc1-c1cccc(Cl)c1. The van der Waals surface area contributed by atoms with Crippen LogP contribution in [0.2, 0.25) is 5.02 Å². The summed E-state index contributed by atoms with van der Waals surface area (Å²) in [6, 6.07) is 7.80. The van der Waals surface area contributed by atoms with Gasteiger partial charge >= 0.3 is 6.09 Å². The Bertz CT molecular complexity index is 1040. The monoisotopic (exact) mass is 520 g/mol. The van der Waals surface area contributed by atoms with Crippen LogP contribution in [0.15, 0.2) is 24.3 Å². The molecule has 0 radical (unpaired) electrons. The Hall–Kier alpha value is -2.20. The highest BCUT2D eigenvalue weighted by Gasteiger charge is 2.41. The number of ether oxygens (including phenoxy) is 2. The molecule has 2 aromatic rings. The third kappa shape index (κ3) is 6.52. The number of methoxy groups -OCH3 is 1. The van der Waals surface area contributed by atoms with Crippen LogP contribution in [0.3, 0.4) is 0 Å². The van der Waals surface area contributed by atoms with Crippen LogP contribution in [0.1, 0.15) is 49.9 Å². The van der Waals surface area contributed by atoms with Crippen molar-refractivity contribution in [3.05, 3.63) is 40.0 Å². The van der Waals surface area contributed by atoms with E-state index >= 15 is 0 Å². The van der Waals surface area contributed by atoms with Crippen molar-refractivity contribution in [3.8, 4) is 10.4 Å². The van der Waals surface area contributed by atoms with Gasteiger partial charge in [-0.15, -0.1) is 11.3 Å². The molecule has 0 bridgehead atoms. The Labute approximate surface area is 215 Å². The van der Waals surface area contributed by atoms with Crippen molar-refractivity contribution in [3.63, 3.8) is 0 Å². The van der Waals surface area contributed by atoms with Crippen LogP contribution in [0.25, 0.3) is 10.4 Å². The van der Waals surface area contributed by atoms with E-state index in [4.69, 9.17) is 21.3 Å². The highest BCUT2D eigenvalue weighted by atomic mass is 35.5. The van der Waals surface area contributed by atoms with E-state index in [-0.39, 0.29) is 24.1 Å². The molecule has 0 spiro atoms. The smallest absolute Gasteiger partial charge is 0.406 e. The Morgan fingerprint density at radius 1 is 1.37 bits per heavy atom. The molecule has 1 saturated heterocycles. The molecular weight excluding hydrogens is 488 g/mol. The van der Waals surface area contributed by atoms with Crippen LogP contribution >= 0.6 is 22.9 Å². The van der Waals surface area contributed by atoms with Crippen LogP contribution in [0.5, 0.6) is 0 Å². The Kier molecular flexibility index (Phi) is 8.64. The summed E-state index contributed by atoms with van der Waals surface area (Å²) < 4.78 is 10.6. The molecule has 2 fully saturated rings. The molecule has 3 atom stereocenters. The second kappa shape index (κ2) is 11.7. The average Bonchev–Trinajstić information content (AvgIpc) is 3.59. The van der Waals surface area contributed by atoms with E-state index in [1.165, 1.54) is 7.11 Å². The number of rotatable bonds is 9. The minimum atomic E-state index is -0.474. The minimum absolute atomic E-state index is 0.00792. The number of alkyl carbamates (subject to hydrolysis) is 1. The highest BCUT2D eigenvalue weighted by Crippen LogP contribution is 2.40. The fraction of sp³-hybridized carbons (Fsp3) is 0.560. The minimum Gasteiger partial charge on any atom is -0.453 e. The Balaban J connectivity index is 1.57. The number of thiazole rings is 1. The normalized spacial score (nSPS) is 20.8. The van der Waals surface area contributed by atoms with E-state index < -0.39 is 12.2 Å². The van der Waals surface area contributed by atoms with Gasteiger partial charge in [0.1, 0.15) is 11.1 Å². The number of hydrogen-bond donors (Lipinski definition) is 2. The van der Waals surface area contributed by atoms with Gasteiger partial charge in [-0.25, -0.2) is 9.78 Å². The molecule has 2 amide bonds. The molecule has 0 unspecified atom stereocenters. The van der Waals surface area contributed by atoms with Crippen molar-refractivity contribution in [2.24, 2.45) is 0 Å². The van der Waals surface area contributed by atoms with Crippen LogP contribution in [-0.2, 0) is 20.7 Å². The third-order valence-electron chi connectivity index (χ3n) is 6.25. The molecule has 2 aliphatic rings. The van der Waals surface area contributed by atoms with Gasteiger partial charge in [0.25, 0.3) is 5.91 Å². The van der Waals surface area contributed by atoms with Gasteiger partial charge in [-0.1, -0.05) is 23.7 Å². The van der Waals surface area contributed by atoms with Crippen molar-refractivity contribution in [1.82, 2.24) is 20.5 Å². The van der Waals surface area contributed by atoms with Gasteiger partial charge in [-0.05, 0) is 57.2 Å². The zero-order valence-corrected chi connectivity index (χ0v) is 22.0. The van der Waals surface area contributed by atoms with Crippen LogP contribution in [0.4, 0.5) is 4.79 Å². The summed E-state index contributed by atoms with van der Waals surface area (Å²) >= 11 is 7.89. The van der Waals surface area contributed by atoms with E-state index in [1.807, 2.05) is 36.1 Å². The van der Waals surface area contributed by atoms with Gasteiger partial charge in [-0.3, -0.25) is 4.79 Å². The molecule has 1 aliphatic heterocycles. The number of nitrogens with one attached hydrogen (secondary N) is 2. The molecule has 2 heterocycles. The molecule has 10 heteroatoms. The van der Waals surface area contributed by atoms with Crippen molar-refractivity contribution >= 4 is 34.9 Å². The predicted octanol–water partition coefficient (Wildman–Crippen LogP) is 4.18. The molecule has 1 saturated carbocycles. The van der Waals surface area contributed by atoms with Gasteiger partial charge in [0.2, 0.25) is 0 Å². The number of morpholine rings is 1. The number of amides is 2. The van der Waals surface area contributed by atoms with Crippen LogP contribution in [-0.4, -0.2) is 66.9 Å². The predicted molar refractivity (Wildman–Crippen MR) is 137 cm³/mol. The number of halogens is 1. The van der Waals surface area contributed by atoms with Gasteiger partial charge < -0.3 is 25.0 Å². The summed E-state index contributed by atoms with van der Waals surface area (Å²) in [7, 11) is 1.35. The van der Waals surface area contributed by atoms with Gasteiger partial charge in [0.05, 0.1) is 29.8 Å². The van der Waals surface area contributed by atoms with Gasteiger partial charge in [0, 0.05) is 30.7 Å². The second-order valence-electron chi connectivity index (χ2n) is 9.11. The lowest BCUT2D eigenvalue weighted by atomic mass is 10.1. The van der Waals surface area contributed by atoms with E-state index in [9.17, 15) is 9.59 Å². The summed E-state index contributed by atoms with van der Waals surface area (Å²) in [4.78, 5) is 32.9. The largest absolute Gasteiger partial charge is 0.453 e. The molecule has 35 heavy (non-hydrogen) atoms. The zero-order chi connectivity index (χ0) is 24.9. The summed E-state index contributed by atoms with van der Waals surface area (Å²) in [6.07, 6.45) is 2.49. The average molecular weight is 521 g/mol. The number of carbonyl (C=O) groups is 2. The van der Waals surface area contributed by atoms with Gasteiger partial charge in [0.15, 0.2) is 0 Å². The van der Waals surface area contributed by atoms with Gasteiger partial charge in [-0.2, -0.15) is 0 Å². The van der Waals surface area contributed by atoms with Crippen LogP contribution < -0.4 is 10.6 Å². The quantitative estimate of drug-likeness (QED) is 0.482. The molecule has 8 nitrogen and oxygen atoms in total. The fourth-order valence-electron chi connectivity index (χ4n) is 4.36. The first-order valence-electron chi connectivity index (χ1n) is 12.1. The van der Waals surface area contributed by atoms with Crippen molar-refractivity contribution in [1.29, 1.82) is 0 Å². The van der Waals surface area contributed by atoms with E-state index in [0.717, 1.165) is 40.5 Å². The fourth-order valence-corrected chi connectivity index (χ4v) is 5.71. The highest BCUT2D eigenvalue weighted by molar-refractivity contribution is 7.15. The molecular formula is C25H33ClN4O4S. The maximum Gasteiger partial charge on any atom is 0.406 e. The van der Waals surface area contributed by atoms with Crippen LogP contribution in [0, 0.1) is 0 Å². The lowest BCUT2D eigenvalue weighted by Gasteiger charge is -2.35. The van der Waals surface area contributed by atoms with E-state index in [0.29, 0.717) is 31.0 Å². The van der Waals surface area contributed by atoms with Crippen molar-refractivity contribution in [2.45, 2.75) is 63.8 Å². The molecule has 4 rings (SSSR count). The lowest BCUT2D eigenvalue weighted by Crippen LogP contribution is -2.52. The van der Waals surface area contributed by atoms with Crippen molar-refractivity contribution < 1.29 is 19.1 Å². The van der Waals surface area contributed by atoms with E-state index in [2.05, 4.69) is 22.3 Å². The summed E-state index contributed by atoms with van der Waals surface area (Å²) in [6.45, 7) is 5.81. The summed E-state index contributed by atoms with van der Waals surface area (Å²) in [5, 5.41) is 7.58. The maximum absolute atomic E-state index is 13.5. The summed E-state index contributed by atoms with van der Waals surface area (Å²) in [5.74, 6) is 0.0300. The number of hydrogen-bond acceptors (Lipinski definition) is 7. The number of aromatic nitrogens is 1. The molecule has 1 aromatic carbocycles. The molecule has 2 N–H and O–H groups in total. The first-order valence-corrected chi connectivity index (χ1v) is 13.3. The van der Waals surface area contributed by atoms with E-state index in [1.54, 1.807) is 11.3 Å². The zero-order valence-electron chi connectivity index (χ0n) is 20.4. The second-order valence-corrected chi connectivity index (χ2v) is 10.6. The van der Waals surface area contributed by atoms with Crippen molar-refractivity contribution in [2.75, 3.05) is 26.7 Å². The third-order valence-corrected chi connectivity index (χ3v) is 7.80. The number of carbonyl (C=O) groups excluding carboxylic acids is 2. The Morgan fingerprint density at radius 3 is 2.86 bits per heavy atom.